The fraction of sp³-hybridized carbons (Fsp3) is 0.586. The molecule has 2 N–H and O–H groups in total. The lowest BCUT2D eigenvalue weighted by Crippen LogP contribution is -2.42. The van der Waals surface area contributed by atoms with E-state index in [1.807, 2.05) is 18.2 Å². The molecule has 2 amide bonds. The van der Waals surface area contributed by atoms with Crippen molar-refractivity contribution in [3.8, 4) is 0 Å². The minimum atomic E-state index is -0.112. The van der Waals surface area contributed by atoms with Crippen LogP contribution in [0, 0.1) is 11.3 Å². The molecule has 1 saturated heterocycles. The van der Waals surface area contributed by atoms with Gasteiger partial charge in [0.05, 0.1) is 12.1 Å². The summed E-state index contributed by atoms with van der Waals surface area (Å²) in [7, 11) is 0. The van der Waals surface area contributed by atoms with Crippen molar-refractivity contribution in [1.82, 2.24) is 4.90 Å². The Balaban J connectivity index is 1.61. The molecule has 0 unspecified atom stereocenters. The van der Waals surface area contributed by atoms with Gasteiger partial charge in [-0.05, 0) is 80.5 Å². The van der Waals surface area contributed by atoms with Gasteiger partial charge < -0.3 is 10.6 Å². The summed E-state index contributed by atoms with van der Waals surface area (Å²) in [4.78, 5) is 30.3. The Morgan fingerprint density at radius 1 is 1.11 bits per heavy atom. The topological polar surface area (TPSA) is 61.4 Å². The molecular formula is C29H41N3O2S. The number of rotatable bonds is 6. The number of carbonyl (C=O) groups is 2. The molecule has 2 heterocycles. The first kappa shape index (κ1) is 25.9. The molecule has 2 atom stereocenters. The van der Waals surface area contributed by atoms with E-state index < -0.39 is 0 Å². The number of fused-ring (bicyclic) bond motifs is 1. The van der Waals surface area contributed by atoms with Crippen molar-refractivity contribution in [2.75, 3.05) is 23.7 Å². The third-order valence-electron chi connectivity index (χ3n) is 7.90. The maximum atomic E-state index is 13.7. The summed E-state index contributed by atoms with van der Waals surface area (Å²) in [5.74, 6) is 0.440. The van der Waals surface area contributed by atoms with Crippen LogP contribution >= 0.6 is 11.3 Å². The van der Waals surface area contributed by atoms with Crippen LogP contribution in [0.1, 0.15) is 86.7 Å². The third-order valence-corrected chi connectivity index (χ3v) is 9.07. The van der Waals surface area contributed by atoms with Gasteiger partial charge in [0.25, 0.3) is 5.91 Å². The lowest BCUT2D eigenvalue weighted by Gasteiger charge is -2.33. The van der Waals surface area contributed by atoms with Crippen molar-refractivity contribution in [3.05, 3.63) is 45.8 Å². The van der Waals surface area contributed by atoms with E-state index in [9.17, 15) is 9.59 Å². The molecule has 0 radical (unpaired) electrons. The van der Waals surface area contributed by atoms with Gasteiger partial charge in [-0.15, -0.1) is 11.3 Å². The average molecular weight is 496 g/mol. The molecule has 0 bridgehead atoms. The highest BCUT2D eigenvalue weighted by Gasteiger charge is 2.34. The smallest absolute Gasteiger partial charge is 0.258 e. The monoisotopic (exact) mass is 495 g/mol. The van der Waals surface area contributed by atoms with Gasteiger partial charge in [-0.3, -0.25) is 14.5 Å². The number of nitrogens with zero attached hydrogens (tertiary/aromatic N) is 1. The molecular weight excluding hydrogens is 454 g/mol. The van der Waals surface area contributed by atoms with Crippen LogP contribution in [0.2, 0.25) is 0 Å². The Morgan fingerprint density at radius 2 is 1.89 bits per heavy atom. The highest BCUT2D eigenvalue weighted by molar-refractivity contribution is 7.17. The van der Waals surface area contributed by atoms with Gasteiger partial charge in [0.15, 0.2) is 0 Å². The van der Waals surface area contributed by atoms with Gasteiger partial charge >= 0.3 is 0 Å². The van der Waals surface area contributed by atoms with Crippen LogP contribution in [-0.4, -0.2) is 35.8 Å². The van der Waals surface area contributed by atoms with Crippen LogP contribution < -0.4 is 10.6 Å². The van der Waals surface area contributed by atoms with E-state index in [1.54, 1.807) is 11.3 Å². The van der Waals surface area contributed by atoms with Gasteiger partial charge in [-0.25, -0.2) is 0 Å². The third kappa shape index (κ3) is 5.97. The lowest BCUT2D eigenvalue weighted by atomic mass is 9.72. The van der Waals surface area contributed by atoms with E-state index in [1.165, 1.54) is 11.3 Å². The molecule has 0 spiro atoms. The van der Waals surface area contributed by atoms with Crippen LogP contribution in [0.3, 0.4) is 0 Å². The number of thiophene rings is 1. The van der Waals surface area contributed by atoms with Gasteiger partial charge in [0.1, 0.15) is 5.00 Å². The minimum absolute atomic E-state index is 0.0206. The fourth-order valence-corrected chi connectivity index (χ4v) is 6.87. The average Bonchev–Trinajstić information content (AvgIpc) is 3.17. The predicted octanol–water partition coefficient (Wildman–Crippen LogP) is 6.53. The summed E-state index contributed by atoms with van der Waals surface area (Å²) in [5.41, 5.74) is 3.98. The van der Waals surface area contributed by atoms with Crippen molar-refractivity contribution in [2.45, 2.75) is 85.6 Å². The van der Waals surface area contributed by atoms with Crippen molar-refractivity contribution < 1.29 is 9.59 Å². The summed E-state index contributed by atoms with van der Waals surface area (Å²) in [6.07, 6.45) is 7.28. The number of aryl methyl sites for hydroxylation is 1. The predicted molar refractivity (Wildman–Crippen MR) is 147 cm³/mol. The number of amides is 2. The zero-order valence-corrected chi connectivity index (χ0v) is 22.8. The molecule has 6 heteroatoms. The number of likely N-dealkylation sites (tertiary alicyclic amines) is 1. The summed E-state index contributed by atoms with van der Waals surface area (Å²) in [5, 5.41) is 7.04. The SMILES string of the molecule is CCc1ccccc1NC(=O)c1c(NC(=O)CN2CCCC[C@@H]2C)sc2c1CC[C@@H](C(C)(C)C)C2. The lowest BCUT2D eigenvalue weighted by molar-refractivity contribution is -0.118. The normalized spacial score (nSPS) is 20.8. The number of piperidine rings is 1. The highest BCUT2D eigenvalue weighted by atomic mass is 32.1. The standard InChI is InChI=1S/C29H41N3O2S/c1-6-20-12-7-8-13-23(20)30-27(34)26-22-15-14-21(29(3,4)5)17-24(22)35-28(26)31-25(33)18-32-16-10-9-11-19(32)2/h7-8,12-13,19,21H,6,9-11,14-18H2,1-5H3,(H,30,34)(H,31,33)/t19-,21+/m0/s1. The van der Waals surface area contributed by atoms with Gasteiger partial charge in [0, 0.05) is 16.6 Å². The van der Waals surface area contributed by atoms with E-state index in [4.69, 9.17) is 0 Å². The van der Waals surface area contributed by atoms with Crippen LogP contribution in [0.15, 0.2) is 24.3 Å². The van der Waals surface area contributed by atoms with Crippen LogP contribution in [0.4, 0.5) is 10.7 Å². The van der Waals surface area contributed by atoms with Crippen molar-refractivity contribution in [1.29, 1.82) is 0 Å². The fourth-order valence-electron chi connectivity index (χ4n) is 5.53. The van der Waals surface area contributed by atoms with Crippen LogP contribution in [0.25, 0.3) is 0 Å². The van der Waals surface area contributed by atoms with E-state index in [0.717, 1.165) is 61.9 Å². The molecule has 1 aromatic carbocycles. The molecule has 4 rings (SSSR count). The molecule has 1 aliphatic heterocycles. The molecule has 2 aromatic rings. The van der Waals surface area contributed by atoms with Crippen LogP contribution in [-0.2, 0) is 24.1 Å². The number of para-hydroxylation sites is 1. The maximum Gasteiger partial charge on any atom is 0.258 e. The number of hydrogen-bond donors (Lipinski definition) is 2. The summed E-state index contributed by atoms with van der Waals surface area (Å²) < 4.78 is 0. The van der Waals surface area contributed by atoms with E-state index in [0.29, 0.717) is 29.1 Å². The highest BCUT2D eigenvalue weighted by Crippen LogP contribution is 2.44. The summed E-state index contributed by atoms with van der Waals surface area (Å²) in [6.45, 7) is 12.5. The molecule has 5 nitrogen and oxygen atoms in total. The molecule has 35 heavy (non-hydrogen) atoms. The first-order chi connectivity index (χ1) is 16.7. The maximum absolute atomic E-state index is 13.7. The summed E-state index contributed by atoms with van der Waals surface area (Å²) in [6, 6.07) is 8.39. The Morgan fingerprint density at radius 3 is 2.60 bits per heavy atom. The minimum Gasteiger partial charge on any atom is -0.322 e. The quantitative estimate of drug-likeness (QED) is 0.479. The number of benzene rings is 1. The van der Waals surface area contributed by atoms with Crippen molar-refractivity contribution in [2.24, 2.45) is 11.3 Å². The van der Waals surface area contributed by atoms with Gasteiger partial charge in [-0.1, -0.05) is 52.3 Å². The van der Waals surface area contributed by atoms with Gasteiger partial charge in [-0.2, -0.15) is 0 Å². The second-order valence-electron chi connectivity index (χ2n) is 11.3. The Bertz CT molecular complexity index is 1070. The number of nitrogens with one attached hydrogen (secondary N) is 2. The first-order valence-corrected chi connectivity index (χ1v) is 14.1. The Labute approximate surface area is 214 Å². The zero-order valence-electron chi connectivity index (χ0n) is 22.0. The summed E-state index contributed by atoms with van der Waals surface area (Å²) >= 11 is 1.61. The first-order valence-electron chi connectivity index (χ1n) is 13.2. The van der Waals surface area contributed by atoms with E-state index in [2.05, 4.69) is 56.2 Å². The molecule has 2 aliphatic rings. The molecule has 0 saturated carbocycles. The number of carbonyl (C=O) groups excluding carboxylic acids is 2. The van der Waals surface area contributed by atoms with Crippen LogP contribution in [0.5, 0.6) is 0 Å². The molecule has 1 aliphatic carbocycles. The second kappa shape index (κ2) is 10.8. The van der Waals surface area contributed by atoms with Crippen molar-refractivity contribution >= 4 is 33.8 Å². The molecule has 190 valence electrons. The number of anilines is 2. The van der Waals surface area contributed by atoms with Crippen molar-refractivity contribution in [3.63, 3.8) is 0 Å². The van der Waals surface area contributed by atoms with Gasteiger partial charge in [0.2, 0.25) is 5.91 Å². The second-order valence-corrected chi connectivity index (χ2v) is 12.4. The molecule has 1 aromatic heterocycles. The Hall–Kier alpha value is -2.18. The molecule has 1 fully saturated rings. The van der Waals surface area contributed by atoms with E-state index in [-0.39, 0.29) is 17.2 Å². The van der Waals surface area contributed by atoms with E-state index >= 15 is 0 Å². The largest absolute Gasteiger partial charge is 0.322 e. The number of hydrogen-bond acceptors (Lipinski definition) is 4. The Kier molecular flexibility index (Phi) is 8.02. The zero-order chi connectivity index (χ0) is 25.2.